The number of H-pyrrole nitrogens is 1. The van der Waals surface area contributed by atoms with Gasteiger partial charge in [0, 0.05) is 18.3 Å². The molecule has 9 heteroatoms. The number of nitrogens with one attached hydrogen (secondary N) is 2. The number of carbonyl (C=O) groups is 3. The molecule has 0 unspecified atom stereocenters. The van der Waals surface area contributed by atoms with Crippen LogP contribution in [0.4, 0.5) is 0 Å². The standard InChI is InChI=1S/C12H13N3O6/c1-15-4-6-5(2-7(15)16)10(19)9(12(21)14-6)11(20)13-3-8(17)18/h2-4H2,1H3,(H,13,20)(H,17,18)(H2,14,19,21). The number of pyridine rings is 1. The van der Waals surface area contributed by atoms with E-state index in [-0.39, 0.29) is 24.4 Å². The van der Waals surface area contributed by atoms with E-state index in [0.29, 0.717) is 5.69 Å². The smallest absolute Gasteiger partial charge is 0.322 e. The van der Waals surface area contributed by atoms with Crippen LogP contribution in [0.5, 0.6) is 5.75 Å². The molecule has 4 N–H and O–H groups in total. The Kier molecular flexibility index (Phi) is 3.66. The fraction of sp³-hybridized carbons (Fsp3) is 0.333. The number of aromatic nitrogens is 1. The largest absolute Gasteiger partial charge is 0.507 e. The van der Waals surface area contributed by atoms with E-state index in [9.17, 15) is 24.3 Å². The molecule has 0 saturated carbocycles. The average Bonchev–Trinajstić information content (AvgIpc) is 2.39. The van der Waals surface area contributed by atoms with E-state index < -0.39 is 35.3 Å². The minimum Gasteiger partial charge on any atom is -0.507 e. The Morgan fingerprint density at radius 1 is 1.38 bits per heavy atom. The Labute approximate surface area is 118 Å². The quantitative estimate of drug-likeness (QED) is 0.530. The third-order valence-corrected chi connectivity index (χ3v) is 3.15. The molecule has 9 nitrogen and oxygen atoms in total. The molecule has 21 heavy (non-hydrogen) atoms. The second kappa shape index (κ2) is 5.27. The number of aromatic hydroxyl groups is 1. The van der Waals surface area contributed by atoms with Crippen molar-refractivity contribution in [3.05, 3.63) is 27.2 Å². The molecule has 0 aromatic carbocycles. The van der Waals surface area contributed by atoms with Gasteiger partial charge in [0.25, 0.3) is 11.5 Å². The summed E-state index contributed by atoms with van der Waals surface area (Å²) < 4.78 is 0. The summed E-state index contributed by atoms with van der Waals surface area (Å²) in [5.41, 5.74) is -0.892. The first kappa shape index (κ1) is 14.6. The van der Waals surface area contributed by atoms with Crippen LogP contribution >= 0.6 is 0 Å². The van der Waals surface area contributed by atoms with Gasteiger partial charge in [0.1, 0.15) is 17.9 Å². The number of rotatable bonds is 3. The van der Waals surface area contributed by atoms with Gasteiger partial charge in [-0.05, 0) is 0 Å². The summed E-state index contributed by atoms with van der Waals surface area (Å²) in [5.74, 6) is -3.14. The van der Waals surface area contributed by atoms with E-state index in [0.717, 1.165) is 0 Å². The maximum atomic E-state index is 11.9. The number of aromatic amines is 1. The highest BCUT2D eigenvalue weighted by molar-refractivity contribution is 5.98. The summed E-state index contributed by atoms with van der Waals surface area (Å²) in [7, 11) is 1.55. The summed E-state index contributed by atoms with van der Waals surface area (Å²) in [6.45, 7) is -0.565. The van der Waals surface area contributed by atoms with Crippen molar-refractivity contribution in [2.75, 3.05) is 13.6 Å². The fourth-order valence-corrected chi connectivity index (χ4v) is 2.07. The molecule has 1 aromatic heterocycles. The molecule has 2 rings (SSSR count). The van der Waals surface area contributed by atoms with Crippen molar-refractivity contribution in [1.82, 2.24) is 15.2 Å². The van der Waals surface area contributed by atoms with Crippen LogP contribution in [0, 0.1) is 0 Å². The first-order valence-electron chi connectivity index (χ1n) is 6.02. The van der Waals surface area contributed by atoms with Gasteiger partial charge in [0.15, 0.2) is 0 Å². The molecule has 2 heterocycles. The number of likely N-dealkylation sites (N-methyl/N-ethyl adjacent to an activating group) is 1. The van der Waals surface area contributed by atoms with Crippen LogP contribution < -0.4 is 10.9 Å². The maximum Gasteiger partial charge on any atom is 0.322 e. The molecule has 0 radical (unpaired) electrons. The number of carboxylic acid groups (broad SMARTS) is 1. The highest BCUT2D eigenvalue weighted by Crippen LogP contribution is 2.26. The Bertz CT molecular complexity index is 693. The minimum atomic E-state index is -1.28. The zero-order valence-electron chi connectivity index (χ0n) is 11.1. The molecule has 1 aliphatic rings. The molecule has 0 spiro atoms. The summed E-state index contributed by atoms with van der Waals surface area (Å²) >= 11 is 0. The van der Waals surface area contributed by atoms with Crippen LogP contribution in [0.2, 0.25) is 0 Å². The van der Waals surface area contributed by atoms with E-state index in [4.69, 9.17) is 5.11 Å². The van der Waals surface area contributed by atoms with Gasteiger partial charge in [-0.3, -0.25) is 19.2 Å². The predicted octanol–water partition coefficient (Wildman–Crippen LogP) is -1.59. The van der Waals surface area contributed by atoms with Gasteiger partial charge in [-0.2, -0.15) is 0 Å². The second-order valence-electron chi connectivity index (χ2n) is 4.64. The zero-order chi connectivity index (χ0) is 15.7. The molecular weight excluding hydrogens is 282 g/mol. The van der Waals surface area contributed by atoms with E-state index in [1.54, 1.807) is 7.05 Å². The van der Waals surface area contributed by atoms with Crippen LogP contribution in [-0.2, 0) is 22.6 Å². The summed E-state index contributed by atoms with van der Waals surface area (Å²) in [6.07, 6.45) is -0.145. The van der Waals surface area contributed by atoms with Gasteiger partial charge in [-0.1, -0.05) is 0 Å². The number of carbonyl (C=O) groups excluding carboxylic acids is 2. The summed E-state index contributed by atoms with van der Waals surface area (Å²) in [6, 6.07) is 0. The molecule has 0 aliphatic carbocycles. The van der Waals surface area contributed by atoms with E-state index in [1.165, 1.54) is 4.90 Å². The highest BCUT2D eigenvalue weighted by Gasteiger charge is 2.28. The van der Waals surface area contributed by atoms with E-state index in [2.05, 4.69) is 4.98 Å². The average molecular weight is 295 g/mol. The lowest BCUT2D eigenvalue weighted by molar-refractivity contribution is -0.135. The number of nitrogens with zero attached hydrogens (tertiary/aromatic N) is 1. The first-order valence-corrected chi connectivity index (χ1v) is 6.02. The van der Waals surface area contributed by atoms with Crippen LogP contribution in [-0.4, -0.2) is 51.5 Å². The molecule has 2 amide bonds. The van der Waals surface area contributed by atoms with Crippen molar-refractivity contribution in [1.29, 1.82) is 0 Å². The number of aliphatic carboxylic acids is 1. The Balaban J connectivity index is 2.43. The van der Waals surface area contributed by atoms with Crippen LogP contribution in [0.25, 0.3) is 0 Å². The van der Waals surface area contributed by atoms with Gasteiger partial charge in [-0.25, -0.2) is 0 Å². The first-order chi connectivity index (χ1) is 9.81. The third kappa shape index (κ3) is 2.71. The second-order valence-corrected chi connectivity index (χ2v) is 4.64. The molecule has 0 saturated heterocycles. The maximum absolute atomic E-state index is 11.9. The van der Waals surface area contributed by atoms with Crippen molar-refractivity contribution in [2.45, 2.75) is 13.0 Å². The third-order valence-electron chi connectivity index (χ3n) is 3.15. The van der Waals surface area contributed by atoms with Crippen LogP contribution in [0.3, 0.4) is 0 Å². The van der Waals surface area contributed by atoms with Gasteiger partial charge in [-0.15, -0.1) is 0 Å². The van der Waals surface area contributed by atoms with Gasteiger partial charge in [0.05, 0.1) is 13.0 Å². The lowest BCUT2D eigenvalue weighted by atomic mass is 10.0. The minimum absolute atomic E-state index is 0.119. The summed E-state index contributed by atoms with van der Waals surface area (Å²) in [5, 5.41) is 20.5. The van der Waals surface area contributed by atoms with Crippen LogP contribution in [0.1, 0.15) is 21.6 Å². The lowest BCUT2D eigenvalue weighted by Crippen LogP contribution is -2.38. The van der Waals surface area contributed by atoms with Gasteiger partial charge < -0.3 is 25.4 Å². The zero-order valence-corrected chi connectivity index (χ0v) is 11.1. The Morgan fingerprint density at radius 2 is 2.05 bits per heavy atom. The predicted molar refractivity (Wildman–Crippen MR) is 68.9 cm³/mol. The van der Waals surface area contributed by atoms with E-state index >= 15 is 0 Å². The molecule has 0 fully saturated rings. The van der Waals surface area contributed by atoms with Crippen molar-refractivity contribution in [2.24, 2.45) is 0 Å². The number of fused-ring (bicyclic) bond motifs is 1. The van der Waals surface area contributed by atoms with Crippen molar-refractivity contribution >= 4 is 17.8 Å². The molecule has 0 atom stereocenters. The monoisotopic (exact) mass is 295 g/mol. The molecule has 1 aliphatic heterocycles. The topological polar surface area (TPSA) is 140 Å². The Hall–Kier alpha value is -2.84. The SMILES string of the molecule is CN1Cc2[nH]c(=O)c(C(=O)NCC(=O)O)c(O)c2CC1=O. The highest BCUT2D eigenvalue weighted by atomic mass is 16.4. The van der Waals surface area contributed by atoms with Gasteiger partial charge >= 0.3 is 5.97 Å². The van der Waals surface area contributed by atoms with Gasteiger partial charge in [0.2, 0.25) is 5.91 Å². The van der Waals surface area contributed by atoms with Crippen molar-refractivity contribution < 1.29 is 24.6 Å². The number of hydrogen-bond acceptors (Lipinski definition) is 5. The van der Waals surface area contributed by atoms with Crippen molar-refractivity contribution in [3.63, 3.8) is 0 Å². The van der Waals surface area contributed by atoms with Crippen molar-refractivity contribution in [3.8, 4) is 5.75 Å². The normalized spacial score (nSPS) is 13.8. The Morgan fingerprint density at radius 3 is 2.67 bits per heavy atom. The van der Waals surface area contributed by atoms with E-state index in [1.807, 2.05) is 5.32 Å². The molecule has 112 valence electrons. The molecular formula is C12H13N3O6. The lowest BCUT2D eigenvalue weighted by Gasteiger charge is -2.25. The number of amides is 2. The number of hydrogen-bond donors (Lipinski definition) is 4. The van der Waals surface area contributed by atoms with Crippen LogP contribution in [0.15, 0.2) is 4.79 Å². The molecule has 0 bridgehead atoms. The molecule has 1 aromatic rings. The number of carboxylic acids is 1. The summed E-state index contributed by atoms with van der Waals surface area (Å²) in [4.78, 5) is 49.5. The fourth-order valence-electron chi connectivity index (χ4n) is 2.07.